The van der Waals surface area contributed by atoms with Crippen molar-refractivity contribution >= 4 is 27.4 Å². The lowest BCUT2D eigenvalue weighted by Gasteiger charge is -2.36. The molecule has 0 bridgehead atoms. The number of halogens is 4. The molecule has 1 aromatic heterocycles. The van der Waals surface area contributed by atoms with Crippen molar-refractivity contribution in [1.29, 1.82) is 0 Å². The first-order valence-electron chi connectivity index (χ1n) is 10.6. The molecule has 1 saturated heterocycles. The molecule has 0 spiro atoms. The summed E-state index contributed by atoms with van der Waals surface area (Å²) >= 11 is 0. The van der Waals surface area contributed by atoms with Crippen molar-refractivity contribution in [1.82, 2.24) is 9.88 Å². The van der Waals surface area contributed by atoms with Gasteiger partial charge in [0.2, 0.25) is 5.95 Å². The van der Waals surface area contributed by atoms with Crippen molar-refractivity contribution in [3.8, 4) is 0 Å². The number of anilines is 2. The van der Waals surface area contributed by atoms with Gasteiger partial charge in [-0.1, -0.05) is 6.07 Å². The summed E-state index contributed by atoms with van der Waals surface area (Å²) in [6, 6.07) is 3.21. The molecular formula is C21H22F4N4O4S. The highest BCUT2D eigenvalue weighted by atomic mass is 32.2. The Hall–Kier alpha value is -3.09. The average Bonchev–Trinajstić information content (AvgIpc) is 2.79. The van der Waals surface area contributed by atoms with E-state index in [1.165, 1.54) is 15.9 Å². The van der Waals surface area contributed by atoms with E-state index in [4.69, 9.17) is 4.74 Å². The van der Waals surface area contributed by atoms with Crippen LogP contribution in [-0.2, 0) is 21.1 Å². The second kappa shape index (κ2) is 9.28. The Morgan fingerprint density at radius 3 is 2.32 bits per heavy atom. The van der Waals surface area contributed by atoms with Crippen molar-refractivity contribution in [2.24, 2.45) is 0 Å². The van der Waals surface area contributed by atoms with Gasteiger partial charge < -0.3 is 19.4 Å². The van der Waals surface area contributed by atoms with Gasteiger partial charge in [0.1, 0.15) is 22.2 Å². The zero-order valence-electron chi connectivity index (χ0n) is 18.2. The largest absolute Gasteiger partial charge is 0.450 e. The van der Waals surface area contributed by atoms with Gasteiger partial charge in [0, 0.05) is 44.8 Å². The molecule has 0 saturated carbocycles. The number of sulfone groups is 1. The quantitative estimate of drug-likeness (QED) is 0.470. The van der Waals surface area contributed by atoms with E-state index in [-0.39, 0.29) is 39.3 Å². The average molecular weight is 502 g/mol. The number of aromatic nitrogens is 1. The number of fused-ring (bicyclic) bond motifs is 1. The van der Waals surface area contributed by atoms with E-state index in [0.717, 1.165) is 17.0 Å². The van der Waals surface area contributed by atoms with E-state index in [9.17, 15) is 22.0 Å². The molecule has 0 radical (unpaired) electrons. The Bertz CT molecular complexity index is 1200. The third-order valence-corrected chi connectivity index (χ3v) is 7.50. The summed E-state index contributed by atoms with van der Waals surface area (Å²) in [6.07, 6.45) is -0.536. The maximum Gasteiger partial charge on any atom is 0.409 e. The van der Waals surface area contributed by atoms with Gasteiger partial charge in [-0.05, 0) is 19.1 Å². The van der Waals surface area contributed by atoms with Crippen LogP contribution < -0.4 is 9.80 Å². The van der Waals surface area contributed by atoms with Crippen LogP contribution in [0.3, 0.4) is 0 Å². The lowest BCUT2D eigenvalue weighted by Crippen LogP contribution is -2.49. The van der Waals surface area contributed by atoms with E-state index in [2.05, 4.69) is 4.98 Å². The molecule has 0 aliphatic carbocycles. The maximum atomic E-state index is 15.5. The molecule has 1 fully saturated rings. The second-order valence-electron chi connectivity index (χ2n) is 7.83. The van der Waals surface area contributed by atoms with E-state index < -0.39 is 73.6 Å². The zero-order valence-corrected chi connectivity index (χ0v) is 19.0. The Kier molecular flexibility index (Phi) is 6.56. The van der Waals surface area contributed by atoms with Crippen LogP contribution in [0.1, 0.15) is 12.5 Å². The molecule has 34 heavy (non-hydrogen) atoms. The first kappa shape index (κ1) is 24.0. The minimum Gasteiger partial charge on any atom is -0.450 e. The molecular weight excluding hydrogens is 480 g/mol. The first-order valence-corrected chi connectivity index (χ1v) is 12.3. The normalized spacial score (nSPS) is 17.5. The molecule has 8 nitrogen and oxygen atoms in total. The monoisotopic (exact) mass is 502 g/mol. The highest BCUT2D eigenvalue weighted by molar-refractivity contribution is 7.91. The maximum absolute atomic E-state index is 15.5. The van der Waals surface area contributed by atoms with Crippen LogP contribution >= 0.6 is 0 Å². The van der Waals surface area contributed by atoms with Crippen LogP contribution in [0.2, 0.25) is 0 Å². The third-order valence-electron chi connectivity index (χ3n) is 5.78. The molecule has 4 rings (SSSR count). The Morgan fingerprint density at radius 1 is 1.06 bits per heavy atom. The highest BCUT2D eigenvalue weighted by Gasteiger charge is 2.39. The molecule has 2 aliphatic heterocycles. The first-order chi connectivity index (χ1) is 16.1. The summed E-state index contributed by atoms with van der Waals surface area (Å²) in [4.78, 5) is 18.5. The molecule has 1 aromatic carbocycles. The van der Waals surface area contributed by atoms with Gasteiger partial charge in [0.05, 0.1) is 12.4 Å². The number of amides is 1. The Labute approximate surface area is 193 Å². The highest BCUT2D eigenvalue weighted by Crippen LogP contribution is 2.39. The van der Waals surface area contributed by atoms with Gasteiger partial charge in [-0.2, -0.15) is 9.37 Å². The number of piperazine rings is 1. The van der Waals surface area contributed by atoms with Gasteiger partial charge >= 0.3 is 6.09 Å². The summed E-state index contributed by atoms with van der Waals surface area (Å²) < 4.78 is 89.4. The fourth-order valence-corrected chi connectivity index (χ4v) is 5.59. The predicted octanol–water partition coefficient (Wildman–Crippen LogP) is 2.71. The smallest absolute Gasteiger partial charge is 0.409 e. The number of nitrogens with zero attached hydrogens (tertiary/aromatic N) is 4. The van der Waals surface area contributed by atoms with Crippen LogP contribution in [0.5, 0.6) is 0 Å². The van der Waals surface area contributed by atoms with E-state index in [1.54, 1.807) is 6.92 Å². The molecule has 184 valence electrons. The zero-order chi connectivity index (χ0) is 24.6. The third kappa shape index (κ3) is 4.36. The number of hydrogen-bond donors (Lipinski definition) is 0. The van der Waals surface area contributed by atoms with E-state index >= 15 is 8.78 Å². The van der Waals surface area contributed by atoms with Crippen molar-refractivity contribution in [2.75, 3.05) is 54.9 Å². The minimum absolute atomic E-state index is 0.0746. The Balaban J connectivity index is 1.68. The number of ether oxygens (including phenoxy) is 1. The lowest BCUT2D eigenvalue weighted by atomic mass is 10.1. The topological polar surface area (TPSA) is 83.0 Å². The van der Waals surface area contributed by atoms with Crippen LogP contribution in [0.25, 0.3) is 0 Å². The summed E-state index contributed by atoms with van der Waals surface area (Å²) in [5.41, 5.74) is -1.05. The molecule has 1 amide bonds. The molecule has 13 heteroatoms. The molecule has 2 aromatic rings. The summed E-state index contributed by atoms with van der Waals surface area (Å²) in [5, 5.41) is 0. The predicted molar refractivity (Wildman–Crippen MR) is 114 cm³/mol. The number of rotatable bonds is 4. The van der Waals surface area contributed by atoms with Gasteiger partial charge in [-0.15, -0.1) is 0 Å². The van der Waals surface area contributed by atoms with Crippen LogP contribution in [0, 0.1) is 23.4 Å². The SMILES string of the molecule is CCOC(=O)N1CCN(c2nc(F)c3c(c2F)S(=O)(=O)CCN3Cc2c(F)cccc2F)CC1. The van der Waals surface area contributed by atoms with Gasteiger partial charge in [-0.25, -0.2) is 26.4 Å². The van der Waals surface area contributed by atoms with Gasteiger partial charge in [0.15, 0.2) is 21.5 Å². The molecule has 3 heterocycles. The summed E-state index contributed by atoms with van der Waals surface area (Å²) in [6.45, 7) is 1.49. The van der Waals surface area contributed by atoms with Crippen LogP contribution in [0.4, 0.5) is 33.9 Å². The number of carbonyl (C=O) groups is 1. The molecule has 0 atom stereocenters. The Morgan fingerprint density at radius 2 is 1.71 bits per heavy atom. The van der Waals surface area contributed by atoms with Crippen molar-refractivity contribution < 1.29 is 35.5 Å². The number of hydrogen-bond acceptors (Lipinski definition) is 7. The second-order valence-corrected chi connectivity index (χ2v) is 9.88. The van der Waals surface area contributed by atoms with Gasteiger partial charge in [0.25, 0.3) is 0 Å². The number of carbonyl (C=O) groups excluding carboxylic acids is 1. The van der Waals surface area contributed by atoms with Gasteiger partial charge in [-0.3, -0.25) is 0 Å². The van der Waals surface area contributed by atoms with Crippen molar-refractivity contribution in [3.05, 3.63) is 47.2 Å². The number of benzene rings is 1. The van der Waals surface area contributed by atoms with E-state index in [0.29, 0.717) is 0 Å². The minimum atomic E-state index is -4.23. The summed E-state index contributed by atoms with van der Waals surface area (Å²) in [5.74, 6) is -5.34. The fraction of sp³-hybridized carbons (Fsp3) is 0.429. The molecule has 0 N–H and O–H groups in total. The molecule has 0 unspecified atom stereocenters. The van der Waals surface area contributed by atoms with Crippen LogP contribution in [-0.4, -0.2) is 69.5 Å². The number of pyridine rings is 1. The van der Waals surface area contributed by atoms with Crippen molar-refractivity contribution in [3.63, 3.8) is 0 Å². The van der Waals surface area contributed by atoms with Crippen LogP contribution in [0.15, 0.2) is 23.1 Å². The fourth-order valence-electron chi connectivity index (χ4n) is 4.05. The summed E-state index contributed by atoms with van der Waals surface area (Å²) in [7, 11) is -4.23. The lowest BCUT2D eigenvalue weighted by molar-refractivity contribution is 0.105. The van der Waals surface area contributed by atoms with Crippen molar-refractivity contribution in [2.45, 2.75) is 18.4 Å². The van der Waals surface area contributed by atoms with E-state index in [1.807, 2.05) is 0 Å². The standard InChI is InChI=1S/C21H22F4N4O4S/c1-2-33-21(30)28-8-6-27(7-9-28)20-16(24)18-17(19(25)26-20)29(10-11-34(18,31)32)12-13-14(22)4-3-5-15(13)23/h3-5H,2,6-12H2,1H3. The molecule has 2 aliphatic rings.